The van der Waals surface area contributed by atoms with E-state index in [2.05, 4.69) is 5.32 Å². The molecular formula is C21H21FN4O2. The van der Waals surface area contributed by atoms with Crippen molar-refractivity contribution < 1.29 is 14.0 Å². The van der Waals surface area contributed by atoms with E-state index >= 15 is 0 Å². The number of amides is 2. The van der Waals surface area contributed by atoms with Crippen LogP contribution in [0.2, 0.25) is 0 Å². The minimum atomic E-state index is -0.544. The van der Waals surface area contributed by atoms with E-state index in [1.807, 2.05) is 30.0 Å². The number of hydrogen-bond donors (Lipinski definition) is 1. The minimum absolute atomic E-state index is 0.0210. The molecule has 7 heteroatoms. The van der Waals surface area contributed by atoms with Crippen molar-refractivity contribution in [1.82, 2.24) is 10.2 Å². The Hall–Kier alpha value is -3.40. The summed E-state index contributed by atoms with van der Waals surface area (Å²) >= 11 is 0. The molecule has 0 unspecified atom stereocenters. The average molecular weight is 380 g/mol. The van der Waals surface area contributed by atoms with E-state index in [4.69, 9.17) is 0 Å². The molecule has 1 heterocycles. The van der Waals surface area contributed by atoms with E-state index in [0.29, 0.717) is 37.4 Å². The highest BCUT2D eigenvalue weighted by Gasteiger charge is 2.23. The Labute approximate surface area is 163 Å². The fourth-order valence-electron chi connectivity index (χ4n) is 3.16. The molecule has 1 fully saturated rings. The van der Waals surface area contributed by atoms with Crippen molar-refractivity contribution in [3.05, 3.63) is 65.0 Å². The van der Waals surface area contributed by atoms with Gasteiger partial charge < -0.3 is 15.1 Å². The van der Waals surface area contributed by atoms with Gasteiger partial charge in [0, 0.05) is 31.7 Å². The molecular weight excluding hydrogens is 359 g/mol. The van der Waals surface area contributed by atoms with Crippen molar-refractivity contribution in [3.8, 4) is 6.07 Å². The summed E-state index contributed by atoms with van der Waals surface area (Å²) in [4.78, 5) is 28.1. The summed E-state index contributed by atoms with van der Waals surface area (Å²) in [6.07, 6.45) is 0. The second kappa shape index (κ2) is 8.53. The molecule has 0 saturated carbocycles. The van der Waals surface area contributed by atoms with E-state index in [1.54, 1.807) is 29.2 Å². The molecule has 3 rings (SSSR count). The number of nitrogens with zero attached hydrogens (tertiary/aromatic N) is 3. The topological polar surface area (TPSA) is 76.4 Å². The Morgan fingerprint density at radius 2 is 1.79 bits per heavy atom. The van der Waals surface area contributed by atoms with E-state index in [0.717, 1.165) is 5.56 Å². The van der Waals surface area contributed by atoms with Gasteiger partial charge in [-0.3, -0.25) is 9.59 Å². The average Bonchev–Trinajstić information content (AvgIpc) is 2.72. The normalized spacial score (nSPS) is 13.8. The van der Waals surface area contributed by atoms with E-state index in [1.165, 1.54) is 6.07 Å². The summed E-state index contributed by atoms with van der Waals surface area (Å²) in [5, 5.41) is 11.8. The molecule has 0 aliphatic carbocycles. The number of carbonyl (C=O) groups is 2. The summed E-state index contributed by atoms with van der Waals surface area (Å²) in [6.45, 7) is 3.75. The number of rotatable bonds is 4. The van der Waals surface area contributed by atoms with Crippen LogP contribution in [-0.4, -0.2) is 49.4 Å². The fourth-order valence-corrected chi connectivity index (χ4v) is 3.16. The molecule has 0 radical (unpaired) electrons. The predicted octanol–water partition coefficient (Wildman–Crippen LogP) is 2.08. The predicted molar refractivity (Wildman–Crippen MR) is 103 cm³/mol. The summed E-state index contributed by atoms with van der Waals surface area (Å²) in [5.41, 5.74) is 2.14. The first kappa shape index (κ1) is 19.4. The van der Waals surface area contributed by atoms with Gasteiger partial charge in [-0.25, -0.2) is 4.39 Å². The van der Waals surface area contributed by atoms with E-state index in [-0.39, 0.29) is 23.9 Å². The number of carbonyl (C=O) groups excluding carboxylic acids is 2. The highest BCUT2D eigenvalue weighted by atomic mass is 19.1. The third-order valence-corrected chi connectivity index (χ3v) is 4.79. The van der Waals surface area contributed by atoms with Crippen LogP contribution in [0.1, 0.15) is 21.5 Å². The maximum Gasteiger partial charge on any atom is 0.251 e. The zero-order valence-electron chi connectivity index (χ0n) is 15.6. The number of aryl methyl sites for hydroxylation is 1. The molecule has 0 spiro atoms. The van der Waals surface area contributed by atoms with Crippen molar-refractivity contribution in [2.24, 2.45) is 0 Å². The van der Waals surface area contributed by atoms with E-state index < -0.39 is 5.82 Å². The van der Waals surface area contributed by atoms with Crippen LogP contribution in [0, 0.1) is 24.1 Å². The third kappa shape index (κ3) is 4.29. The van der Waals surface area contributed by atoms with Gasteiger partial charge in [0.1, 0.15) is 17.4 Å². The summed E-state index contributed by atoms with van der Waals surface area (Å²) in [7, 11) is 0. The minimum Gasteiger partial charge on any atom is -0.367 e. The lowest BCUT2D eigenvalue weighted by Gasteiger charge is -2.36. The number of nitrogens with one attached hydrogen (secondary N) is 1. The molecule has 0 bridgehead atoms. The van der Waals surface area contributed by atoms with Crippen LogP contribution in [0.15, 0.2) is 42.5 Å². The molecule has 0 aromatic heterocycles. The van der Waals surface area contributed by atoms with Crippen LogP contribution in [0.5, 0.6) is 0 Å². The zero-order valence-corrected chi connectivity index (χ0v) is 15.6. The molecule has 0 atom stereocenters. The Bertz CT molecular complexity index is 913. The van der Waals surface area contributed by atoms with Crippen molar-refractivity contribution in [2.75, 3.05) is 37.6 Å². The van der Waals surface area contributed by atoms with Gasteiger partial charge in [-0.1, -0.05) is 23.8 Å². The van der Waals surface area contributed by atoms with Gasteiger partial charge >= 0.3 is 0 Å². The lowest BCUT2D eigenvalue weighted by atomic mass is 10.1. The number of benzene rings is 2. The number of hydrogen-bond acceptors (Lipinski definition) is 4. The highest BCUT2D eigenvalue weighted by molar-refractivity contribution is 5.96. The summed E-state index contributed by atoms with van der Waals surface area (Å²) < 4.78 is 13.8. The highest BCUT2D eigenvalue weighted by Crippen LogP contribution is 2.23. The lowest BCUT2D eigenvalue weighted by molar-refractivity contribution is -0.130. The number of piperazine rings is 1. The van der Waals surface area contributed by atoms with Crippen LogP contribution in [0.3, 0.4) is 0 Å². The van der Waals surface area contributed by atoms with Crippen molar-refractivity contribution >= 4 is 17.5 Å². The second-order valence-corrected chi connectivity index (χ2v) is 6.66. The monoisotopic (exact) mass is 380 g/mol. The van der Waals surface area contributed by atoms with E-state index in [9.17, 15) is 19.2 Å². The summed E-state index contributed by atoms with van der Waals surface area (Å²) in [6, 6.07) is 13.6. The molecule has 1 aliphatic rings. The van der Waals surface area contributed by atoms with Gasteiger partial charge in [0.25, 0.3) is 5.91 Å². The molecule has 2 aromatic rings. The van der Waals surface area contributed by atoms with Gasteiger partial charge in [0.15, 0.2) is 0 Å². The smallest absolute Gasteiger partial charge is 0.251 e. The maximum atomic E-state index is 13.8. The number of anilines is 1. The van der Waals surface area contributed by atoms with Gasteiger partial charge in [-0.2, -0.15) is 5.26 Å². The van der Waals surface area contributed by atoms with Gasteiger partial charge in [0.2, 0.25) is 5.91 Å². The first-order valence-electron chi connectivity index (χ1n) is 9.06. The van der Waals surface area contributed by atoms with Gasteiger partial charge in [-0.05, 0) is 31.2 Å². The fraction of sp³-hybridized carbons (Fsp3) is 0.286. The maximum absolute atomic E-state index is 13.8. The quantitative estimate of drug-likeness (QED) is 0.881. The van der Waals surface area contributed by atoms with Crippen molar-refractivity contribution in [1.29, 1.82) is 5.26 Å². The van der Waals surface area contributed by atoms with Crippen LogP contribution in [-0.2, 0) is 4.79 Å². The lowest BCUT2D eigenvalue weighted by Crippen LogP contribution is -2.51. The largest absolute Gasteiger partial charge is 0.367 e. The van der Waals surface area contributed by atoms with Crippen LogP contribution >= 0.6 is 0 Å². The first-order valence-corrected chi connectivity index (χ1v) is 9.06. The SMILES string of the molecule is Cc1ccc(C(=O)NCC(=O)N2CCN(c3cccc(F)c3C#N)CC2)cc1. The molecule has 1 aliphatic heterocycles. The molecule has 6 nitrogen and oxygen atoms in total. The standard InChI is InChI=1S/C21H21FN4O2/c1-15-5-7-16(8-6-15)21(28)24-14-20(27)26-11-9-25(10-12-26)19-4-2-3-18(22)17(19)13-23/h2-8H,9-12,14H2,1H3,(H,24,28). The Morgan fingerprint density at radius 3 is 2.43 bits per heavy atom. The number of nitriles is 1. The Kier molecular flexibility index (Phi) is 5.90. The zero-order chi connectivity index (χ0) is 20.1. The molecule has 28 heavy (non-hydrogen) atoms. The molecule has 1 saturated heterocycles. The van der Waals surface area contributed by atoms with Crippen LogP contribution in [0.25, 0.3) is 0 Å². The van der Waals surface area contributed by atoms with Crippen molar-refractivity contribution in [2.45, 2.75) is 6.92 Å². The van der Waals surface area contributed by atoms with Crippen molar-refractivity contribution in [3.63, 3.8) is 0 Å². The Balaban J connectivity index is 1.53. The number of halogens is 1. The molecule has 144 valence electrons. The molecule has 1 N–H and O–H groups in total. The second-order valence-electron chi connectivity index (χ2n) is 6.66. The summed E-state index contributed by atoms with van der Waals surface area (Å²) in [5.74, 6) is -0.998. The molecule has 2 amide bonds. The first-order chi connectivity index (χ1) is 13.5. The third-order valence-electron chi connectivity index (χ3n) is 4.79. The Morgan fingerprint density at radius 1 is 1.11 bits per heavy atom. The van der Waals surface area contributed by atoms with Gasteiger partial charge in [-0.15, -0.1) is 0 Å². The molecule has 2 aromatic carbocycles. The van der Waals surface area contributed by atoms with Crippen LogP contribution < -0.4 is 10.2 Å². The van der Waals surface area contributed by atoms with Crippen LogP contribution in [0.4, 0.5) is 10.1 Å². The van der Waals surface area contributed by atoms with Gasteiger partial charge in [0.05, 0.1) is 12.2 Å².